The van der Waals surface area contributed by atoms with Gasteiger partial charge in [0.05, 0.1) is 5.56 Å². The van der Waals surface area contributed by atoms with Crippen molar-refractivity contribution in [3.63, 3.8) is 0 Å². The predicted molar refractivity (Wildman–Crippen MR) is 101 cm³/mol. The molecule has 1 amide bonds. The van der Waals surface area contributed by atoms with Crippen LogP contribution in [0.15, 0.2) is 36.4 Å². The standard InChI is InChI=1S/C21H26N2O2/c1-14-12-15(2)19(16(3)13-14)20-22-18-9-6-5-8-17(18)21(24)23(20)10-7-11-25-4/h5-6,8-9,12-13,20,22H,7,10-11H2,1-4H3. The molecule has 4 heteroatoms. The molecular formula is C21H26N2O2. The average Bonchev–Trinajstić information content (AvgIpc) is 2.56. The van der Waals surface area contributed by atoms with Crippen LogP contribution in [0.1, 0.15) is 45.2 Å². The number of benzene rings is 2. The first-order valence-electron chi connectivity index (χ1n) is 8.76. The van der Waals surface area contributed by atoms with Gasteiger partial charge < -0.3 is 15.0 Å². The molecule has 25 heavy (non-hydrogen) atoms. The van der Waals surface area contributed by atoms with Crippen LogP contribution in [0.5, 0.6) is 0 Å². The van der Waals surface area contributed by atoms with Crippen LogP contribution in [0.2, 0.25) is 0 Å². The SMILES string of the molecule is COCCCN1C(=O)c2ccccc2NC1c1c(C)cc(C)cc1C. The first kappa shape index (κ1) is 17.5. The topological polar surface area (TPSA) is 41.6 Å². The quantitative estimate of drug-likeness (QED) is 0.830. The van der Waals surface area contributed by atoms with E-state index in [4.69, 9.17) is 4.74 Å². The Labute approximate surface area is 149 Å². The molecule has 0 saturated heterocycles. The third-order valence-electron chi connectivity index (χ3n) is 4.78. The van der Waals surface area contributed by atoms with E-state index in [-0.39, 0.29) is 12.1 Å². The Hall–Kier alpha value is -2.33. The van der Waals surface area contributed by atoms with Gasteiger partial charge in [-0.1, -0.05) is 29.8 Å². The van der Waals surface area contributed by atoms with E-state index in [1.807, 2.05) is 29.2 Å². The number of nitrogens with zero attached hydrogens (tertiary/aromatic N) is 1. The number of ether oxygens (including phenoxy) is 1. The molecule has 4 nitrogen and oxygen atoms in total. The first-order chi connectivity index (χ1) is 12.0. The van der Waals surface area contributed by atoms with Gasteiger partial charge in [-0.3, -0.25) is 4.79 Å². The minimum absolute atomic E-state index is 0.0785. The summed E-state index contributed by atoms with van der Waals surface area (Å²) in [5.74, 6) is 0.0785. The van der Waals surface area contributed by atoms with Crippen LogP contribution in [0, 0.1) is 20.8 Å². The maximum Gasteiger partial charge on any atom is 0.257 e. The number of hydrogen-bond donors (Lipinski definition) is 1. The number of amides is 1. The van der Waals surface area contributed by atoms with Gasteiger partial charge in [0, 0.05) is 31.5 Å². The van der Waals surface area contributed by atoms with Gasteiger partial charge in [-0.25, -0.2) is 0 Å². The molecule has 0 fully saturated rings. The molecule has 1 atom stereocenters. The lowest BCUT2D eigenvalue weighted by Gasteiger charge is -2.39. The second kappa shape index (κ2) is 7.28. The molecule has 0 radical (unpaired) electrons. The number of fused-ring (bicyclic) bond motifs is 1. The van der Waals surface area contributed by atoms with Crippen molar-refractivity contribution in [1.82, 2.24) is 4.90 Å². The summed E-state index contributed by atoms with van der Waals surface area (Å²) in [5, 5.41) is 3.59. The van der Waals surface area contributed by atoms with E-state index in [9.17, 15) is 4.79 Å². The number of carbonyl (C=O) groups is 1. The number of carbonyl (C=O) groups excluding carboxylic acids is 1. The molecular weight excluding hydrogens is 312 g/mol. The highest BCUT2D eigenvalue weighted by atomic mass is 16.5. The molecule has 2 aromatic rings. The van der Waals surface area contributed by atoms with Crippen molar-refractivity contribution in [2.24, 2.45) is 0 Å². The maximum atomic E-state index is 13.1. The van der Waals surface area contributed by atoms with Gasteiger partial charge in [0.25, 0.3) is 5.91 Å². The highest BCUT2D eigenvalue weighted by Crippen LogP contribution is 2.36. The number of methoxy groups -OCH3 is 1. The average molecular weight is 338 g/mol. The lowest BCUT2D eigenvalue weighted by atomic mass is 9.94. The lowest BCUT2D eigenvalue weighted by molar-refractivity contribution is 0.0659. The molecule has 1 N–H and O–H groups in total. The van der Waals surface area contributed by atoms with Gasteiger partial charge in [0.15, 0.2) is 0 Å². The summed E-state index contributed by atoms with van der Waals surface area (Å²) < 4.78 is 5.18. The van der Waals surface area contributed by atoms with Gasteiger partial charge in [0.2, 0.25) is 0 Å². The van der Waals surface area contributed by atoms with Crippen LogP contribution in [0.4, 0.5) is 5.69 Å². The molecule has 0 aliphatic carbocycles. The molecule has 0 bridgehead atoms. The number of nitrogens with one attached hydrogen (secondary N) is 1. The molecule has 1 unspecified atom stereocenters. The Morgan fingerprint density at radius 2 is 1.80 bits per heavy atom. The summed E-state index contributed by atoms with van der Waals surface area (Å²) in [7, 11) is 1.69. The fraction of sp³-hybridized carbons (Fsp3) is 0.381. The second-order valence-electron chi connectivity index (χ2n) is 6.75. The second-order valence-corrected chi connectivity index (χ2v) is 6.75. The van der Waals surface area contributed by atoms with Crippen molar-refractivity contribution in [3.05, 3.63) is 64.2 Å². The number of para-hydroxylation sites is 1. The van der Waals surface area contributed by atoms with Crippen molar-refractivity contribution < 1.29 is 9.53 Å². The first-order valence-corrected chi connectivity index (χ1v) is 8.76. The third-order valence-corrected chi connectivity index (χ3v) is 4.78. The Morgan fingerprint density at radius 1 is 1.12 bits per heavy atom. The van der Waals surface area contributed by atoms with Crippen molar-refractivity contribution >= 4 is 11.6 Å². The molecule has 1 aliphatic rings. The summed E-state index contributed by atoms with van der Waals surface area (Å²) in [6, 6.07) is 12.1. The van der Waals surface area contributed by atoms with E-state index in [1.54, 1.807) is 7.11 Å². The maximum absolute atomic E-state index is 13.1. The fourth-order valence-electron chi connectivity index (χ4n) is 3.75. The molecule has 0 spiro atoms. The monoisotopic (exact) mass is 338 g/mol. The van der Waals surface area contributed by atoms with E-state index in [0.717, 1.165) is 17.7 Å². The number of rotatable bonds is 5. The molecule has 3 rings (SSSR count). The number of hydrogen-bond acceptors (Lipinski definition) is 3. The third kappa shape index (κ3) is 3.40. The Balaban J connectivity index is 2.04. The van der Waals surface area contributed by atoms with Crippen molar-refractivity contribution in [2.75, 3.05) is 25.6 Å². The van der Waals surface area contributed by atoms with Crippen molar-refractivity contribution in [2.45, 2.75) is 33.4 Å². The van der Waals surface area contributed by atoms with Gasteiger partial charge in [-0.15, -0.1) is 0 Å². The number of anilines is 1. The Morgan fingerprint density at radius 3 is 2.48 bits per heavy atom. The van der Waals surface area contributed by atoms with Crippen LogP contribution < -0.4 is 5.32 Å². The van der Waals surface area contributed by atoms with Crippen molar-refractivity contribution in [3.8, 4) is 0 Å². The molecule has 2 aromatic carbocycles. The molecule has 0 aromatic heterocycles. The Bertz CT molecular complexity index is 762. The van der Waals surface area contributed by atoms with E-state index < -0.39 is 0 Å². The van der Waals surface area contributed by atoms with Crippen molar-refractivity contribution in [1.29, 1.82) is 0 Å². The smallest absolute Gasteiger partial charge is 0.257 e. The zero-order valence-electron chi connectivity index (χ0n) is 15.4. The molecule has 1 aliphatic heterocycles. The highest BCUT2D eigenvalue weighted by Gasteiger charge is 2.33. The molecule has 1 heterocycles. The van der Waals surface area contributed by atoms with E-state index in [1.165, 1.54) is 22.3 Å². The van der Waals surface area contributed by atoms with Crippen LogP contribution >= 0.6 is 0 Å². The zero-order valence-corrected chi connectivity index (χ0v) is 15.4. The van der Waals surface area contributed by atoms with Crippen LogP contribution in [-0.4, -0.2) is 31.1 Å². The fourth-order valence-corrected chi connectivity index (χ4v) is 3.75. The Kier molecular flexibility index (Phi) is 5.09. The summed E-state index contributed by atoms with van der Waals surface area (Å²) >= 11 is 0. The van der Waals surface area contributed by atoms with Gasteiger partial charge in [-0.2, -0.15) is 0 Å². The van der Waals surface area contributed by atoms with E-state index >= 15 is 0 Å². The van der Waals surface area contributed by atoms with E-state index in [0.29, 0.717) is 13.2 Å². The molecule has 0 saturated carbocycles. The summed E-state index contributed by atoms with van der Waals surface area (Å²) in [6.07, 6.45) is 0.659. The van der Waals surface area contributed by atoms with E-state index in [2.05, 4.69) is 38.2 Å². The highest BCUT2D eigenvalue weighted by molar-refractivity contribution is 6.01. The molecule has 132 valence electrons. The zero-order chi connectivity index (χ0) is 18.0. The van der Waals surface area contributed by atoms with Crippen LogP contribution in [0.3, 0.4) is 0 Å². The predicted octanol–water partition coefficient (Wildman–Crippen LogP) is 4.21. The normalized spacial score (nSPS) is 16.6. The summed E-state index contributed by atoms with van der Waals surface area (Å²) in [4.78, 5) is 15.1. The van der Waals surface area contributed by atoms with Gasteiger partial charge >= 0.3 is 0 Å². The lowest BCUT2D eigenvalue weighted by Crippen LogP contribution is -2.44. The van der Waals surface area contributed by atoms with Crippen LogP contribution in [-0.2, 0) is 4.74 Å². The minimum atomic E-state index is -0.153. The largest absolute Gasteiger partial charge is 0.385 e. The van der Waals surface area contributed by atoms with Gasteiger partial charge in [0.1, 0.15) is 6.17 Å². The number of aryl methyl sites for hydroxylation is 3. The van der Waals surface area contributed by atoms with Gasteiger partial charge in [-0.05, 0) is 50.5 Å². The minimum Gasteiger partial charge on any atom is -0.385 e. The van der Waals surface area contributed by atoms with Crippen LogP contribution in [0.25, 0.3) is 0 Å². The summed E-state index contributed by atoms with van der Waals surface area (Å²) in [5.41, 5.74) is 6.48. The summed E-state index contributed by atoms with van der Waals surface area (Å²) in [6.45, 7) is 7.65.